The van der Waals surface area contributed by atoms with Crippen molar-refractivity contribution >= 4 is 17.6 Å². The maximum atomic E-state index is 13.2. The number of hydrogen-bond donors (Lipinski definition) is 1. The molecule has 0 saturated carbocycles. The van der Waals surface area contributed by atoms with Crippen LogP contribution in [-0.4, -0.2) is 42.2 Å². The van der Waals surface area contributed by atoms with E-state index in [0.717, 1.165) is 5.56 Å². The molecule has 0 aliphatic carbocycles. The summed E-state index contributed by atoms with van der Waals surface area (Å²) < 4.78 is 12.5. The highest BCUT2D eigenvalue weighted by Gasteiger charge is 2.23. The lowest BCUT2D eigenvalue weighted by Crippen LogP contribution is -2.24. The van der Waals surface area contributed by atoms with Gasteiger partial charge in [0.25, 0.3) is 0 Å². The summed E-state index contributed by atoms with van der Waals surface area (Å²) in [5.74, 6) is -0.0305. The smallest absolute Gasteiger partial charge is 0.356 e. The predicted octanol–water partition coefficient (Wildman–Crippen LogP) is 2.33. The topological polar surface area (TPSA) is 143 Å². The van der Waals surface area contributed by atoms with Crippen LogP contribution in [0.1, 0.15) is 21.9 Å². The minimum absolute atomic E-state index is 0.0204. The number of hydrogen-bond acceptors (Lipinski definition) is 9. The van der Waals surface area contributed by atoms with E-state index in [4.69, 9.17) is 14.9 Å². The summed E-state index contributed by atoms with van der Waals surface area (Å²) in [6, 6.07) is 12.6. The molecule has 170 valence electrons. The Kier molecular flexibility index (Phi) is 5.13. The number of esters is 1. The second kappa shape index (κ2) is 8.28. The molecular formula is C23H19N7O4. The quantitative estimate of drug-likeness (QED) is 0.393. The number of nitrogen functional groups attached to an aromatic ring is 1. The summed E-state index contributed by atoms with van der Waals surface area (Å²) in [7, 11) is 1.28. The summed E-state index contributed by atoms with van der Waals surface area (Å²) in [5, 5.41) is 4.58. The zero-order chi connectivity index (χ0) is 23.8. The highest BCUT2D eigenvalue weighted by Crippen LogP contribution is 2.34. The lowest BCUT2D eigenvalue weighted by molar-refractivity contribution is 0.0594. The van der Waals surface area contributed by atoms with Crippen LogP contribution in [0.5, 0.6) is 0 Å². The van der Waals surface area contributed by atoms with E-state index in [1.807, 2.05) is 30.3 Å². The van der Waals surface area contributed by atoms with Gasteiger partial charge in [0, 0.05) is 11.8 Å². The SMILES string of the molecule is COC(=O)c1cc(-c2c(-c3ccccc3)nc(N)n3c(=O)n(Cc4ncoc4C)nc23)ccn1. The van der Waals surface area contributed by atoms with Crippen molar-refractivity contribution in [2.24, 2.45) is 0 Å². The molecule has 0 aliphatic rings. The standard InChI is InChI=1S/C23H19N7O4/c1-13-17(26-12-34-13)11-29-23(32)30-20(28-29)18(15-8-9-25-16(10-15)21(31)33-2)19(27-22(30)24)14-6-4-3-5-7-14/h3-10,12H,11H2,1-2H3,(H2,24,27). The van der Waals surface area contributed by atoms with Crippen LogP contribution in [0.3, 0.4) is 0 Å². The number of nitrogens with zero attached hydrogens (tertiary/aromatic N) is 6. The monoisotopic (exact) mass is 457 g/mol. The van der Waals surface area contributed by atoms with E-state index in [1.54, 1.807) is 19.1 Å². The third kappa shape index (κ3) is 3.48. The Morgan fingerprint density at radius 1 is 1.15 bits per heavy atom. The number of aromatic nitrogens is 6. The van der Waals surface area contributed by atoms with Gasteiger partial charge in [0.05, 0.1) is 24.9 Å². The molecule has 0 aliphatic heterocycles. The Bertz CT molecular complexity index is 1580. The molecule has 1 aromatic carbocycles. The maximum Gasteiger partial charge on any atom is 0.356 e. The van der Waals surface area contributed by atoms with Crippen LogP contribution >= 0.6 is 0 Å². The number of benzene rings is 1. The van der Waals surface area contributed by atoms with E-state index in [9.17, 15) is 9.59 Å². The van der Waals surface area contributed by atoms with Gasteiger partial charge in [-0.3, -0.25) is 0 Å². The fourth-order valence-corrected chi connectivity index (χ4v) is 3.70. The van der Waals surface area contributed by atoms with E-state index < -0.39 is 11.7 Å². The summed E-state index contributed by atoms with van der Waals surface area (Å²) >= 11 is 0. The molecule has 4 aromatic heterocycles. The molecule has 0 unspecified atom stereocenters. The molecule has 11 nitrogen and oxygen atoms in total. The number of ether oxygens (including phenoxy) is 1. The average Bonchev–Trinajstić information content (AvgIpc) is 3.42. The van der Waals surface area contributed by atoms with Gasteiger partial charge >= 0.3 is 11.7 Å². The number of oxazole rings is 1. The first-order valence-corrected chi connectivity index (χ1v) is 10.3. The molecule has 5 rings (SSSR count). The molecule has 0 spiro atoms. The Balaban J connectivity index is 1.81. The number of nitrogens with two attached hydrogens (primary N) is 1. The molecule has 0 atom stereocenters. The summed E-state index contributed by atoms with van der Waals surface area (Å²) in [5.41, 5.74) is 9.06. The van der Waals surface area contributed by atoms with Gasteiger partial charge in [0.15, 0.2) is 12.0 Å². The van der Waals surface area contributed by atoms with Crippen molar-refractivity contribution in [1.29, 1.82) is 0 Å². The third-order valence-corrected chi connectivity index (χ3v) is 5.39. The Morgan fingerprint density at radius 2 is 1.94 bits per heavy atom. The molecule has 0 amide bonds. The van der Waals surface area contributed by atoms with Crippen LogP contribution in [-0.2, 0) is 11.3 Å². The highest BCUT2D eigenvalue weighted by atomic mass is 16.5. The molecule has 0 radical (unpaired) electrons. The van der Waals surface area contributed by atoms with Gasteiger partial charge in [0.2, 0.25) is 5.95 Å². The van der Waals surface area contributed by atoms with Crippen LogP contribution in [0.4, 0.5) is 5.95 Å². The van der Waals surface area contributed by atoms with E-state index in [1.165, 1.54) is 28.8 Å². The molecule has 5 aromatic rings. The first-order chi connectivity index (χ1) is 16.5. The zero-order valence-electron chi connectivity index (χ0n) is 18.3. The van der Waals surface area contributed by atoms with Crippen LogP contribution in [0.2, 0.25) is 0 Å². The van der Waals surface area contributed by atoms with Gasteiger partial charge < -0.3 is 14.9 Å². The maximum absolute atomic E-state index is 13.2. The van der Waals surface area contributed by atoms with Crippen molar-refractivity contribution in [3.63, 3.8) is 0 Å². The number of methoxy groups -OCH3 is 1. The van der Waals surface area contributed by atoms with E-state index in [-0.39, 0.29) is 23.8 Å². The number of rotatable bonds is 5. The number of carbonyl (C=O) groups is 1. The lowest BCUT2D eigenvalue weighted by Gasteiger charge is -2.12. The predicted molar refractivity (Wildman–Crippen MR) is 122 cm³/mol. The molecular weight excluding hydrogens is 438 g/mol. The molecule has 4 heterocycles. The van der Waals surface area contributed by atoms with Crippen LogP contribution < -0.4 is 11.4 Å². The van der Waals surface area contributed by atoms with Gasteiger partial charge in [-0.05, 0) is 24.6 Å². The molecule has 0 bridgehead atoms. The fourth-order valence-electron chi connectivity index (χ4n) is 3.70. The second-order valence-corrected chi connectivity index (χ2v) is 7.44. The lowest BCUT2D eigenvalue weighted by atomic mass is 10.00. The first kappa shape index (κ1) is 21.1. The highest BCUT2D eigenvalue weighted by molar-refractivity contribution is 5.94. The molecule has 2 N–H and O–H groups in total. The Labute approximate surface area is 192 Å². The number of pyridine rings is 1. The normalized spacial score (nSPS) is 11.1. The number of anilines is 1. The fraction of sp³-hybridized carbons (Fsp3) is 0.130. The molecule has 0 saturated heterocycles. The Morgan fingerprint density at radius 3 is 2.65 bits per heavy atom. The van der Waals surface area contributed by atoms with Crippen molar-refractivity contribution < 1.29 is 13.9 Å². The van der Waals surface area contributed by atoms with Gasteiger partial charge in [-0.15, -0.1) is 5.10 Å². The van der Waals surface area contributed by atoms with E-state index in [2.05, 4.69) is 20.1 Å². The van der Waals surface area contributed by atoms with Crippen molar-refractivity contribution in [1.82, 2.24) is 29.1 Å². The van der Waals surface area contributed by atoms with Crippen LogP contribution in [0.15, 0.2) is 64.3 Å². The number of aryl methyl sites for hydroxylation is 1. The van der Waals surface area contributed by atoms with Gasteiger partial charge in [0.1, 0.15) is 17.1 Å². The molecule has 34 heavy (non-hydrogen) atoms. The van der Waals surface area contributed by atoms with Crippen molar-refractivity contribution in [3.05, 3.63) is 82.7 Å². The first-order valence-electron chi connectivity index (χ1n) is 10.3. The minimum atomic E-state index is -0.591. The summed E-state index contributed by atoms with van der Waals surface area (Å²) in [6.07, 6.45) is 2.79. The average molecular weight is 457 g/mol. The van der Waals surface area contributed by atoms with Crippen LogP contribution in [0, 0.1) is 6.92 Å². The van der Waals surface area contributed by atoms with Gasteiger partial charge in [-0.25, -0.2) is 33.6 Å². The van der Waals surface area contributed by atoms with Crippen molar-refractivity contribution in [2.75, 3.05) is 12.8 Å². The van der Waals surface area contributed by atoms with E-state index >= 15 is 0 Å². The van der Waals surface area contributed by atoms with Crippen molar-refractivity contribution in [3.8, 4) is 22.4 Å². The second-order valence-electron chi connectivity index (χ2n) is 7.44. The van der Waals surface area contributed by atoms with Crippen LogP contribution in [0.25, 0.3) is 28.0 Å². The largest absolute Gasteiger partial charge is 0.464 e. The molecule has 11 heteroatoms. The Hall–Kier alpha value is -4.80. The van der Waals surface area contributed by atoms with E-state index in [0.29, 0.717) is 28.3 Å². The minimum Gasteiger partial charge on any atom is -0.464 e. The zero-order valence-corrected chi connectivity index (χ0v) is 18.3. The van der Waals surface area contributed by atoms with Gasteiger partial charge in [-0.2, -0.15) is 0 Å². The molecule has 0 fully saturated rings. The summed E-state index contributed by atoms with van der Waals surface area (Å²) in [4.78, 5) is 38.1. The van der Waals surface area contributed by atoms with Gasteiger partial charge in [-0.1, -0.05) is 30.3 Å². The number of fused-ring (bicyclic) bond motifs is 1. The third-order valence-electron chi connectivity index (χ3n) is 5.39. The number of carbonyl (C=O) groups excluding carboxylic acids is 1. The summed E-state index contributed by atoms with van der Waals surface area (Å²) in [6.45, 7) is 1.84. The van der Waals surface area contributed by atoms with Crippen molar-refractivity contribution in [2.45, 2.75) is 13.5 Å².